The Morgan fingerprint density at radius 1 is 1.32 bits per heavy atom. The summed E-state index contributed by atoms with van der Waals surface area (Å²) in [6, 6.07) is 8.21. The van der Waals surface area contributed by atoms with Crippen LogP contribution in [0.25, 0.3) is 0 Å². The van der Waals surface area contributed by atoms with Gasteiger partial charge >= 0.3 is 0 Å². The minimum atomic E-state index is -0.199. The lowest BCUT2D eigenvalue weighted by molar-refractivity contribution is 0.0737. The smallest absolute Gasteiger partial charge is 0.259 e. The zero-order chi connectivity index (χ0) is 18.6. The topological polar surface area (TPSA) is 68.5 Å². The first kappa shape index (κ1) is 19.5. The molecule has 0 fully saturated rings. The van der Waals surface area contributed by atoms with E-state index in [2.05, 4.69) is 4.98 Å². The van der Waals surface area contributed by atoms with E-state index in [0.717, 1.165) is 0 Å². The van der Waals surface area contributed by atoms with Gasteiger partial charge in [0.15, 0.2) is 0 Å². The van der Waals surface area contributed by atoms with Crippen molar-refractivity contribution >= 4 is 29.1 Å². The molecule has 25 heavy (non-hydrogen) atoms. The van der Waals surface area contributed by atoms with E-state index in [9.17, 15) is 4.79 Å². The number of amides is 1. The summed E-state index contributed by atoms with van der Waals surface area (Å²) in [5, 5.41) is 0.840. The Morgan fingerprint density at radius 2 is 2.04 bits per heavy atom. The molecule has 0 radical (unpaired) electrons. The van der Waals surface area contributed by atoms with Crippen LogP contribution in [0.1, 0.15) is 24.2 Å². The van der Waals surface area contributed by atoms with Crippen LogP contribution in [0.5, 0.6) is 11.6 Å². The number of nitrogens with zero attached hydrogens (tertiary/aromatic N) is 2. The lowest BCUT2D eigenvalue weighted by Crippen LogP contribution is -2.39. The molecule has 7 heteroatoms. The molecule has 0 bridgehead atoms. The number of nitrogens with two attached hydrogens (primary N) is 1. The summed E-state index contributed by atoms with van der Waals surface area (Å²) in [4.78, 5) is 18.6. The summed E-state index contributed by atoms with van der Waals surface area (Å²) < 4.78 is 5.75. The van der Waals surface area contributed by atoms with E-state index >= 15 is 0 Å². The van der Waals surface area contributed by atoms with E-state index in [4.69, 9.17) is 33.7 Å². The van der Waals surface area contributed by atoms with Crippen LogP contribution in [-0.2, 0) is 0 Å². The van der Waals surface area contributed by atoms with Gasteiger partial charge in [-0.3, -0.25) is 4.79 Å². The molecule has 1 heterocycles. The Morgan fingerprint density at radius 3 is 2.68 bits per heavy atom. The Labute approximate surface area is 157 Å². The monoisotopic (exact) mass is 381 g/mol. The molecule has 0 aliphatic carbocycles. The number of hydrogen-bond acceptors (Lipinski definition) is 4. The van der Waals surface area contributed by atoms with Crippen LogP contribution in [0.2, 0.25) is 10.0 Å². The third-order valence-corrected chi connectivity index (χ3v) is 4.20. The molecule has 1 aromatic carbocycles. The third-order valence-electron chi connectivity index (χ3n) is 3.67. The summed E-state index contributed by atoms with van der Waals surface area (Å²) in [6.45, 7) is 5.00. The predicted octanol–water partition coefficient (Wildman–Crippen LogP) is 4.24. The Bertz CT molecular complexity index is 766. The van der Waals surface area contributed by atoms with Crippen molar-refractivity contribution in [2.75, 3.05) is 20.1 Å². The minimum absolute atomic E-state index is 0.187. The van der Waals surface area contributed by atoms with Gasteiger partial charge in [0.2, 0.25) is 5.88 Å². The van der Waals surface area contributed by atoms with Crippen LogP contribution >= 0.6 is 23.2 Å². The number of carbonyl (C=O) groups is 1. The number of halogens is 2. The molecule has 0 atom stereocenters. The molecule has 1 aromatic heterocycles. The molecule has 0 saturated carbocycles. The van der Waals surface area contributed by atoms with Crippen molar-refractivity contribution in [1.29, 1.82) is 0 Å². The van der Waals surface area contributed by atoms with E-state index in [0.29, 0.717) is 34.4 Å². The van der Waals surface area contributed by atoms with Crippen LogP contribution in [0.15, 0.2) is 36.5 Å². The average molecular weight is 382 g/mol. The largest absolute Gasteiger partial charge is 0.437 e. The van der Waals surface area contributed by atoms with Crippen LogP contribution < -0.4 is 10.5 Å². The first-order valence-corrected chi connectivity index (χ1v) is 8.52. The first-order valence-electron chi connectivity index (χ1n) is 7.77. The second kappa shape index (κ2) is 8.04. The molecule has 2 N–H and O–H groups in total. The third kappa shape index (κ3) is 5.08. The maximum atomic E-state index is 12.8. The fraction of sp³-hybridized carbons (Fsp3) is 0.333. The number of benzene rings is 1. The van der Waals surface area contributed by atoms with Crippen LogP contribution in [0, 0.1) is 5.41 Å². The molecule has 0 saturated heterocycles. The molecule has 0 aliphatic rings. The molecule has 134 valence electrons. The van der Waals surface area contributed by atoms with Gasteiger partial charge in [0.1, 0.15) is 11.3 Å². The van der Waals surface area contributed by atoms with E-state index in [1.807, 2.05) is 13.8 Å². The molecule has 2 aromatic rings. The molecule has 0 unspecified atom stereocenters. The maximum Gasteiger partial charge on any atom is 0.259 e. The van der Waals surface area contributed by atoms with Crippen LogP contribution in [0.4, 0.5) is 0 Å². The molecule has 5 nitrogen and oxygen atoms in total. The maximum absolute atomic E-state index is 12.8. The van der Waals surface area contributed by atoms with Gasteiger partial charge in [-0.15, -0.1) is 0 Å². The zero-order valence-electron chi connectivity index (χ0n) is 14.4. The van der Waals surface area contributed by atoms with Crippen molar-refractivity contribution in [3.8, 4) is 11.6 Å². The zero-order valence-corrected chi connectivity index (χ0v) is 15.9. The predicted molar refractivity (Wildman–Crippen MR) is 101 cm³/mol. The number of aromatic nitrogens is 1. The van der Waals surface area contributed by atoms with Gasteiger partial charge in [0.05, 0.1) is 5.02 Å². The fourth-order valence-electron chi connectivity index (χ4n) is 2.28. The highest BCUT2D eigenvalue weighted by molar-refractivity contribution is 6.35. The average Bonchev–Trinajstić information content (AvgIpc) is 2.57. The van der Waals surface area contributed by atoms with E-state index < -0.39 is 0 Å². The van der Waals surface area contributed by atoms with Gasteiger partial charge in [0.25, 0.3) is 5.91 Å². The van der Waals surface area contributed by atoms with Crippen molar-refractivity contribution in [3.05, 3.63) is 52.1 Å². The lowest BCUT2D eigenvalue weighted by Gasteiger charge is -2.29. The number of carbonyl (C=O) groups excluding carboxylic acids is 1. The van der Waals surface area contributed by atoms with Gasteiger partial charge in [0, 0.05) is 24.8 Å². The van der Waals surface area contributed by atoms with E-state index in [-0.39, 0.29) is 17.2 Å². The second-order valence-electron chi connectivity index (χ2n) is 6.56. The fourth-order valence-corrected chi connectivity index (χ4v) is 2.73. The van der Waals surface area contributed by atoms with Gasteiger partial charge < -0.3 is 15.4 Å². The molecular formula is C18H21Cl2N3O2. The lowest BCUT2D eigenvalue weighted by atomic mass is 9.93. The number of hydrogen-bond donors (Lipinski definition) is 1. The number of ether oxygens (including phenoxy) is 1. The van der Waals surface area contributed by atoms with Crippen molar-refractivity contribution < 1.29 is 9.53 Å². The highest BCUT2D eigenvalue weighted by Crippen LogP contribution is 2.32. The van der Waals surface area contributed by atoms with Crippen LogP contribution in [-0.4, -0.2) is 35.9 Å². The van der Waals surface area contributed by atoms with Crippen molar-refractivity contribution in [1.82, 2.24) is 9.88 Å². The second-order valence-corrected chi connectivity index (χ2v) is 7.41. The molecule has 2 rings (SSSR count). The highest BCUT2D eigenvalue weighted by atomic mass is 35.5. The molecule has 0 aliphatic heterocycles. The standard InChI is InChI=1S/C18H21Cl2N3O2/c1-18(2,10-21)11-23(3)17(24)13-5-4-8-22-16(13)25-15-7-6-12(19)9-14(15)20/h4-9H,10-11,21H2,1-3H3. The van der Waals surface area contributed by atoms with E-state index in [1.165, 1.54) is 0 Å². The summed E-state index contributed by atoms with van der Waals surface area (Å²) in [6.07, 6.45) is 1.56. The molecule has 0 spiro atoms. The van der Waals surface area contributed by atoms with Crippen molar-refractivity contribution in [2.24, 2.45) is 11.1 Å². The summed E-state index contributed by atoms with van der Waals surface area (Å²) >= 11 is 12.0. The minimum Gasteiger partial charge on any atom is -0.437 e. The highest BCUT2D eigenvalue weighted by Gasteiger charge is 2.24. The van der Waals surface area contributed by atoms with Gasteiger partial charge in [-0.05, 0) is 42.3 Å². The normalized spacial score (nSPS) is 11.3. The van der Waals surface area contributed by atoms with Gasteiger partial charge in [-0.1, -0.05) is 37.0 Å². The van der Waals surface area contributed by atoms with Gasteiger partial charge in [-0.2, -0.15) is 0 Å². The van der Waals surface area contributed by atoms with Crippen molar-refractivity contribution in [2.45, 2.75) is 13.8 Å². The van der Waals surface area contributed by atoms with Gasteiger partial charge in [-0.25, -0.2) is 4.98 Å². The van der Waals surface area contributed by atoms with Crippen molar-refractivity contribution in [3.63, 3.8) is 0 Å². The molecule has 1 amide bonds. The Balaban J connectivity index is 2.26. The SMILES string of the molecule is CN(CC(C)(C)CN)C(=O)c1cccnc1Oc1ccc(Cl)cc1Cl. The number of pyridine rings is 1. The summed E-state index contributed by atoms with van der Waals surface area (Å²) in [5.41, 5.74) is 5.92. The summed E-state index contributed by atoms with van der Waals surface area (Å²) in [7, 11) is 1.73. The van der Waals surface area contributed by atoms with E-state index in [1.54, 1.807) is 48.5 Å². The quantitative estimate of drug-likeness (QED) is 0.812. The Kier molecular flexibility index (Phi) is 6.27. The molecular weight excluding hydrogens is 361 g/mol. The first-order chi connectivity index (χ1) is 11.7. The van der Waals surface area contributed by atoms with Crippen LogP contribution in [0.3, 0.4) is 0 Å². The number of rotatable bonds is 6. The summed E-state index contributed by atoms with van der Waals surface area (Å²) in [5.74, 6) is 0.368. The Hall–Kier alpha value is -1.82.